The van der Waals surface area contributed by atoms with Crippen LogP contribution >= 0.6 is 12.2 Å². The Morgan fingerprint density at radius 2 is 2.31 bits per heavy atom. The molecule has 2 N–H and O–H groups in total. The van der Waals surface area contributed by atoms with E-state index in [4.69, 9.17) is 18.0 Å². The molecular formula is C11H20N4S. The standard InChI is InChI=1S/C11H20N4S/c1-3-5-15(9-11(12)16)6-4-10-7-13-14(2)8-10/h7-8H,3-6,9H2,1-2H3,(H2,12,16). The lowest BCUT2D eigenvalue weighted by Crippen LogP contribution is -2.34. The van der Waals surface area contributed by atoms with E-state index in [2.05, 4.69) is 16.9 Å². The van der Waals surface area contributed by atoms with Crippen LogP contribution in [0.3, 0.4) is 0 Å². The third kappa shape index (κ3) is 4.72. The van der Waals surface area contributed by atoms with Crippen molar-refractivity contribution >= 4 is 17.2 Å². The quantitative estimate of drug-likeness (QED) is 0.721. The first-order chi connectivity index (χ1) is 7.61. The van der Waals surface area contributed by atoms with Crippen LogP contribution in [0.1, 0.15) is 18.9 Å². The minimum atomic E-state index is 0.569. The highest BCUT2D eigenvalue weighted by molar-refractivity contribution is 7.80. The van der Waals surface area contributed by atoms with Crippen molar-refractivity contribution < 1.29 is 0 Å². The molecule has 90 valence electrons. The summed E-state index contributed by atoms with van der Waals surface area (Å²) in [5.41, 5.74) is 6.83. The number of rotatable bonds is 7. The smallest absolute Gasteiger partial charge is 0.0870 e. The molecule has 0 unspecified atom stereocenters. The fraction of sp³-hybridized carbons (Fsp3) is 0.636. The maximum atomic E-state index is 5.57. The second kappa shape index (κ2) is 6.60. The van der Waals surface area contributed by atoms with Gasteiger partial charge in [-0.3, -0.25) is 9.58 Å². The van der Waals surface area contributed by atoms with Gasteiger partial charge in [-0.25, -0.2) is 0 Å². The summed E-state index contributed by atoms with van der Waals surface area (Å²) in [6, 6.07) is 0. The Labute approximate surface area is 102 Å². The predicted octanol–water partition coefficient (Wildman–Crippen LogP) is 0.961. The van der Waals surface area contributed by atoms with Gasteiger partial charge < -0.3 is 5.73 Å². The number of nitrogens with zero attached hydrogens (tertiary/aromatic N) is 3. The van der Waals surface area contributed by atoms with E-state index in [1.54, 1.807) is 0 Å². The zero-order chi connectivity index (χ0) is 12.0. The van der Waals surface area contributed by atoms with Crippen LogP contribution in [0, 0.1) is 0 Å². The van der Waals surface area contributed by atoms with Gasteiger partial charge in [-0.2, -0.15) is 5.10 Å². The van der Waals surface area contributed by atoms with Crippen molar-refractivity contribution in [3.05, 3.63) is 18.0 Å². The van der Waals surface area contributed by atoms with Gasteiger partial charge in [0.25, 0.3) is 0 Å². The Morgan fingerprint density at radius 3 is 2.81 bits per heavy atom. The van der Waals surface area contributed by atoms with Crippen molar-refractivity contribution in [1.29, 1.82) is 0 Å². The average Bonchev–Trinajstić information content (AvgIpc) is 2.60. The summed E-state index contributed by atoms with van der Waals surface area (Å²) in [7, 11) is 1.93. The minimum absolute atomic E-state index is 0.569. The van der Waals surface area contributed by atoms with E-state index in [1.165, 1.54) is 5.56 Å². The molecule has 0 aliphatic heterocycles. The van der Waals surface area contributed by atoms with Gasteiger partial charge in [0.1, 0.15) is 0 Å². The summed E-state index contributed by atoms with van der Waals surface area (Å²) in [5.74, 6) is 0. The molecule has 0 aliphatic rings. The highest BCUT2D eigenvalue weighted by Gasteiger charge is 2.06. The van der Waals surface area contributed by atoms with Crippen molar-refractivity contribution in [2.45, 2.75) is 19.8 Å². The molecule has 0 radical (unpaired) electrons. The van der Waals surface area contributed by atoms with Crippen LogP contribution < -0.4 is 5.73 Å². The number of thiocarbonyl (C=S) groups is 1. The Hall–Kier alpha value is -0.940. The van der Waals surface area contributed by atoms with E-state index in [9.17, 15) is 0 Å². The van der Waals surface area contributed by atoms with E-state index in [0.29, 0.717) is 11.5 Å². The van der Waals surface area contributed by atoms with Crippen molar-refractivity contribution in [3.63, 3.8) is 0 Å². The number of hydrogen-bond donors (Lipinski definition) is 1. The van der Waals surface area contributed by atoms with Crippen molar-refractivity contribution in [1.82, 2.24) is 14.7 Å². The van der Waals surface area contributed by atoms with Crippen molar-refractivity contribution in [2.75, 3.05) is 19.6 Å². The lowest BCUT2D eigenvalue weighted by molar-refractivity contribution is 0.316. The van der Waals surface area contributed by atoms with E-state index >= 15 is 0 Å². The topological polar surface area (TPSA) is 47.1 Å². The van der Waals surface area contributed by atoms with Crippen LogP contribution in [0.15, 0.2) is 12.4 Å². The average molecular weight is 240 g/mol. The van der Waals surface area contributed by atoms with Crippen LogP contribution in [0.25, 0.3) is 0 Å². The zero-order valence-electron chi connectivity index (χ0n) is 10.0. The second-order valence-electron chi connectivity index (χ2n) is 4.01. The van der Waals surface area contributed by atoms with Crippen LogP contribution in [-0.4, -0.2) is 39.3 Å². The molecule has 0 spiro atoms. The SMILES string of the molecule is CCCN(CCc1cnn(C)c1)CC(N)=S. The summed E-state index contributed by atoms with van der Waals surface area (Å²) in [4.78, 5) is 2.86. The summed E-state index contributed by atoms with van der Waals surface area (Å²) in [5, 5.41) is 4.15. The molecule has 0 amide bonds. The number of nitrogens with two attached hydrogens (primary N) is 1. The lowest BCUT2D eigenvalue weighted by atomic mass is 10.2. The molecule has 1 rings (SSSR count). The van der Waals surface area contributed by atoms with Gasteiger partial charge in [-0.15, -0.1) is 0 Å². The summed E-state index contributed by atoms with van der Waals surface area (Å²) in [6.07, 6.45) is 6.07. The van der Waals surface area contributed by atoms with Crippen LogP contribution in [0.5, 0.6) is 0 Å². The Morgan fingerprint density at radius 1 is 1.56 bits per heavy atom. The Kier molecular flexibility index (Phi) is 5.42. The molecule has 1 aromatic rings. The number of hydrogen-bond acceptors (Lipinski definition) is 3. The Balaban J connectivity index is 2.39. The summed E-state index contributed by atoms with van der Waals surface area (Å²) in [6.45, 7) is 4.90. The molecule has 0 atom stereocenters. The van der Waals surface area contributed by atoms with Crippen molar-refractivity contribution in [2.24, 2.45) is 12.8 Å². The second-order valence-corrected chi connectivity index (χ2v) is 4.54. The zero-order valence-corrected chi connectivity index (χ0v) is 10.8. The molecule has 0 bridgehead atoms. The first-order valence-corrected chi connectivity index (χ1v) is 6.00. The fourth-order valence-corrected chi connectivity index (χ4v) is 1.88. The Bertz CT molecular complexity index is 334. The third-order valence-electron chi connectivity index (χ3n) is 2.39. The van der Waals surface area contributed by atoms with Gasteiger partial charge in [-0.05, 0) is 24.9 Å². The van der Waals surface area contributed by atoms with Crippen LogP contribution in [-0.2, 0) is 13.5 Å². The van der Waals surface area contributed by atoms with Crippen LogP contribution in [0.4, 0.5) is 0 Å². The molecular weight excluding hydrogens is 220 g/mol. The maximum Gasteiger partial charge on any atom is 0.0870 e. The maximum absolute atomic E-state index is 5.57. The van der Waals surface area contributed by atoms with Gasteiger partial charge >= 0.3 is 0 Å². The predicted molar refractivity (Wildman–Crippen MR) is 70.4 cm³/mol. The summed E-state index contributed by atoms with van der Waals surface area (Å²) < 4.78 is 1.83. The van der Waals surface area contributed by atoms with Gasteiger partial charge in [0.05, 0.1) is 11.2 Å². The van der Waals surface area contributed by atoms with Crippen molar-refractivity contribution in [3.8, 4) is 0 Å². The van der Waals surface area contributed by atoms with E-state index in [1.807, 2.05) is 24.1 Å². The first-order valence-electron chi connectivity index (χ1n) is 5.60. The van der Waals surface area contributed by atoms with E-state index in [0.717, 1.165) is 25.9 Å². The fourth-order valence-electron chi connectivity index (χ4n) is 1.69. The molecule has 0 saturated heterocycles. The number of aryl methyl sites for hydroxylation is 1. The number of aromatic nitrogens is 2. The highest BCUT2D eigenvalue weighted by Crippen LogP contribution is 2.00. The summed E-state index contributed by atoms with van der Waals surface area (Å²) >= 11 is 4.94. The van der Waals surface area contributed by atoms with Gasteiger partial charge in [-0.1, -0.05) is 19.1 Å². The molecule has 4 nitrogen and oxygen atoms in total. The normalized spacial score (nSPS) is 10.9. The van der Waals surface area contributed by atoms with Gasteiger partial charge in [0, 0.05) is 26.3 Å². The molecule has 16 heavy (non-hydrogen) atoms. The monoisotopic (exact) mass is 240 g/mol. The first kappa shape index (κ1) is 13.1. The van der Waals surface area contributed by atoms with Gasteiger partial charge in [0.15, 0.2) is 0 Å². The molecule has 0 fully saturated rings. The van der Waals surface area contributed by atoms with Gasteiger partial charge in [0.2, 0.25) is 0 Å². The molecule has 5 heteroatoms. The molecule has 1 heterocycles. The van der Waals surface area contributed by atoms with Crippen LogP contribution in [0.2, 0.25) is 0 Å². The van der Waals surface area contributed by atoms with E-state index < -0.39 is 0 Å². The third-order valence-corrected chi connectivity index (χ3v) is 2.52. The molecule has 0 saturated carbocycles. The highest BCUT2D eigenvalue weighted by atomic mass is 32.1. The van der Waals surface area contributed by atoms with E-state index in [-0.39, 0.29) is 0 Å². The minimum Gasteiger partial charge on any atom is -0.392 e. The molecule has 0 aromatic carbocycles. The molecule has 0 aliphatic carbocycles. The lowest BCUT2D eigenvalue weighted by Gasteiger charge is -2.20. The largest absolute Gasteiger partial charge is 0.392 e. The molecule has 1 aromatic heterocycles.